The van der Waals surface area contributed by atoms with Crippen LogP contribution in [0.25, 0.3) is 0 Å². The molecule has 0 aromatic heterocycles. The fourth-order valence-corrected chi connectivity index (χ4v) is 2.48. The molecule has 1 rings (SSSR count). The first kappa shape index (κ1) is 14.2. The second kappa shape index (κ2) is 6.18. The number of nitrogens with two attached hydrogens (primary N) is 1. The zero-order valence-corrected chi connectivity index (χ0v) is 11.5. The van der Waals surface area contributed by atoms with E-state index in [-0.39, 0.29) is 11.6 Å². The molecule has 2 heteroatoms. The van der Waals surface area contributed by atoms with Crippen molar-refractivity contribution in [2.45, 2.75) is 51.7 Å². The van der Waals surface area contributed by atoms with E-state index in [2.05, 4.69) is 45.0 Å². The van der Waals surface area contributed by atoms with E-state index in [1.54, 1.807) is 7.11 Å². The van der Waals surface area contributed by atoms with Gasteiger partial charge in [-0.1, -0.05) is 38.1 Å². The van der Waals surface area contributed by atoms with Gasteiger partial charge in [0, 0.05) is 13.2 Å². The number of aryl methyl sites for hydroxylation is 1. The summed E-state index contributed by atoms with van der Waals surface area (Å²) in [7, 11) is 1.77. The molecule has 0 aliphatic carbocycles. The largest absolute Gasteiger partial charge is 0.377 e. The first-order valence-electron chi connectivity index (χ1n) is 6.44. The molecule has 1 aromatic carbocycles. The quantitative estimate of drug-likeness (QED) is 0.822. The predicted octanol–water partition coefficient (Wildman–Crippen LogP) is 3.07. The molecule has 0 aliphatic heterocycles. The van der Waals surface area contributed by atoms with Crippen LogP contribution < -0.4 is 5.73 Å². The van der Waals surface area contributed by atoms with Gasteiger partial charge in [0.05, 0.1) is 5.60 Å². The van der Waals surface area contributed by atoms with Crippen LogP contribution in [0, 0.1) is 6.92 Å². The average molecular weight is 235 g/mol. The molecule has 0 fully saturated rings. The van der Waals surface area contributed by atoms with Gasteiger partial charge in [-0.15, -0.1) is 0 Å². The minimum absolute atomic E-state index is 0.0450. The Bertz CT molecular complexity index is 336. The number of rotatable bonds is 6. The smallest absolute Gasteiger partial charge is 0.0826 e. The van der Waals surface area contributed by atoms with Crippen molar-refractivity contribution >= 4 is 0 Å². The maximum Gasteiger partial charge on any atom is 0.0826 e. The number of hydrogen-bond donors (Lipinski definition) is 1. The molecule has 0 heterocycles. The number of methoxy groups -OCH3 is 1. The van der Waals surface area contributed by atoms with Crippen molar-refractivity contribution in [3.05, 3.63) is 35.4 Å². The average Bonchev–Trinajstić information content (AvgIpc) is 2.35. The molecule has 0 bridgehead atoms. The van der Waals surface area contributed by atoms with Crippen molar-refractivity contribution in [3.8, 4) is 0 Å². The van der Waals surface area contributed by atoms with Crippen LogP contribution in [0.4, 0.5) is 0 Å². The highest BCUT2D eigenvalue weighted by molar-refractivity contribution is 5.26. The molecular weight excluding hydrogens is 210 g/mol. The SMILES string of the molecule is CCC(CC)(OC)C(N)Cc1ccccc1C. The lowest BCUT2D eigenvalue weighted by Gasteiger charge is -2.36. The number of hydrogen-bond acceptors (Lipinski definition) is 2. The summed E-state index contributed by atoms with van der Waals surface area (Å²) < 4.78 is 5.69. The molecule has 2 N–H and O–H groups in total. The minimum atomic E-state index is -0.192. The lowest BCUT2D eigenvalue weighted by atomic mass is 9.84. The monoisotopic (exact) mass is 235 g/mol. The Morgan fingerprint density at radius 1 is 1.24 bits per heavy atom. The van der Waals surface area contributed by atoms with E-state index >= 15 is 0 Å². The van der Waals surface area contributed by atoms with Gasteiger partial charge >= 0.3 is 0 Å². The topological polar surface area (TPSA) is 35.2 Å². The molecule has 0 saturated heterocycles. The van der Waals surface area contributed by atoms with Crippen molar-refractivity contribution < 1.29 is 4.74 Å². The Balaban J connectivity index is 2.84. The molecule has 0 radical (unpaired) electrons. The van der Waals surface area contributed by atoms with Gasteiger partial charge < -0.3 is 10.5 Å². The van der Waals surface area contributed by atoms with E-state index < -0.39 is 0 Å². The van der Waals surface area contributed by atoms with Gasteiger partial charge in [-0.25, -0.2) is 0 Å². The standard InChI is InChI=1S/C15H25NO/c1-5-15(6-2,17-4)14(16)11-13-10-8-7-9-12(13)3/h7-10,14H,5-6,11,16H2,1-4H3. The third kappa shape index (κ3) is 3.08. The summed E-state index contributed by atoms with van der Waals surface area (Å²) in [6, 6.07) is 8.47. The van der Waals surface area contributed by atoms with Crippen molar-refractivity contribution in [1.29, 1.82) is 0 Å². The maximum atomic E-state index is 6.36. The summed E-state index contributed by atoms with van der Waals surface area (Å²) in [5.74, 6) is 0. The molecule has 17 heavy (non-hydrogen) atoms. The molecule has 1 aromatic rings. The van der Waals surface area contributed by atoms with Crippen molar-refractivity contribution in [1.82, 2.24) is 0 Å². The van der Waals surface area contributed by atoms with Gasteiger partial charge in [0.25, 0.3) is 0 Å². The highest BCUT2D eigenvalue weighted by atomic mass is 16.5. The Morgan fingerprint density at radius 3 is 2.29 bits per heavy atom. The van der Waals surface area contributed by atoms with Gasteiger partial charge in [0.1, 0.15) is 0 Å². The van der Waals surface area contributed by atoms with E-state index in [9.17, 15) is 0 Å². The van der Waals surface area contributed by atoms with E-state index in [1.807, 2.05) is 0 Å². The van der Waals surface area contributed by atoms with Crippen LogP contribution in [0.3, 0.4) is 0 Å². The zero-order chi connectivity index (χ0) is 12.9. The summed E-state index contributed by atoms with van der Waals surface area (Å²) >= 11 is 0. The first-order valence-corrected chi connectivity index (χ1v) is 6.44. The van der Waals surface area contributed by atoms with Crippen LogP contribution in [0.15, 0.2) is 24.3 Å². The zero-order valence-electron chi connectivity index (χ0n) is 11.5. The Labute approximate surface area is 105 Å². The third-order valence-electron chi connectivity index (χ3n) is 3.98. The molecule has 1 unspecified atom stereocenters. The lowest BCUT2D eigenvalue weighted by Crippen LogP contribution is -2.50. The Morgan fingerprint density at radius 2 is 1.82 bits per heavy atom. The summed E-state index contributed by atoms with van der Waals surface area (Å²) in [6.07, 6.45) is 2.78. The van der Waals surface area contributed by atoms with Crippen LogP contribution in [-0.4, -0.2) is 18.8 Å². The van der Waals surface area contributed by atoms with Crippen LogP contribution >= 0.6 is 0 Å². The second-order valence-electron chi connectivity index (χ2n) is 4.71. The van der Waals surface area contributed by atoms with Gasteiger partial charge in [-0.3, -0.25) is 0 Å². The van der Waals surface area contributed by atoms with Gasteiger partial charge in [-0.05, 0) is 37.3 Å². The predicted molar refractivity (Wildman–Crippen MR) is 73.2 cm³/mol. The Kier molecular flexibility index (Phi) is 5.16. The summed E-state index contributed by atoms with van der Waals surface area (Å²) in [4.78, 5) is 0. The first-order chi connectivity index (χ1) is 8.09. The van der Waals surface area contributed by atoms with Gasteiger partial charge in [0.15, 0.2) is 0 Å². The fraction of sp³-hybridized carbons (Fsp3) is 0.600. The van der Waals surface area contributed by atoms with Crippen molar-refractivity contribution in [2.24, 2.45) is 5.73 Å². The molecule has 1 atom stereocenters. The van der Waals surface area contributed by atoms with Crippen LogP contribution in [-0.2, 0) is 11.2 Å². The van der Waals surface area contributed by atoms with Crippen LogP contribution in [0.1, 0.15) is 37.8 Å². The van der Waals surface area contributed by atoms with E-state index in [1.165, 1.54) is 11.1 Å². The molecule has 96 valence electrons. The van der Waals surface area contributed by atoms with Crippen molar-refractivity contribution in [2.75, 3.05) is 7.11 Å². The molecular formula is C15H25NO. The second-order valence-corrected chi connectivity index (χ2v) is 4.71. The normalized spacial score (nSPS) is 13.7. The maximum absolute atomic E-state index is 6.36. The summed E-state index contributed by atoms with van der Waals surface area (Å²) in [5.41, 5.74) is 8.80. The van der Waals surface area contributed by atoms with E-state index in [0.717, 1.165) is 19.3 Å². The van der Waals surface area contributed by atoms with Crippen molar-refractivity contribution in [3.63, 3.8) is 0 Å². The number of ether oxygens (including phenoxy) is 1. The van der Waals surface area contributed by atoms with E-state index in [4.69, 9.17) is 10.5 Å². The lowest BCUT2D eigenvalue weighted by molar-refractivity contribution is -0.0374. The van der Waals surface area contributed by atoms with E-state index in [0.29, 0.717) is 0 Å². The molecule has 2 nitrogen and oxygen atoms in total. The van der Waals surface area contributed by atoms with Gasteiger partial charge in [-0.2, -0.15) is 0 Å². The fourth-order valence-electron chi connectivity index (χ4n) is 2.48. The van der Waals surface area contributed by atoms with Crippen LogP contribution in [0.5, 0.6) is 0 Å². The number of benzene rings is 1. The highest BCUT2D eigenvalue weighted by Crippen LogP contribution is 2.25. The minimum Gasteiger partial charge on any atom is -0.377 e. The molecule has 0 aliphatic rings. The summed E-state index contributed by atoms with van der Waals surface area (Å²) in [5, 5.41) is 0. The summed E-state index contributed by atoms with van der Waals surface area (Å²) in [6.45, 7) is 6.42. The Hall–Kier alpha value is -0.860. The molecule has 0 amide bonds. The van der Waals surface area contributed by atoms with Crippen LogP contribution in [0.2, 0.25) is 0 Å². The molecule has 0 spiro atoms. The third-order valence-corrected chi connectivity index (χ3v) is 3.98. The van der Waals surface area contributed by atoms with Gasteiger partial charge in [0.2, 0.25) is 0 Å². The molecule has 0 saturated carbocycles. The highest BCUT2D eigenvalue weighted by Gasteiger charge is 2.33.